The summed E-state index contributed by atoms with van der Waals surface area (Å²) in [7, 11) is 0. The SMILES string of the molecule is CCCCCCCCCCN(CCCCCCCCCC)C(=O)c1ccc(CCCC)cc1. The second kappa shape index (κ2) is 21.2. The van der Waals surface area contributed by atoms with Crippen molar-refractivity contribution in [1.29, 1.82) is 0 Å². The van der Waals surface area contributed by atoms with Crippen LogP contribution in [0.1, 0.15) is 152 Å². The van der Waals surface area contributed by atoms with E-state index in [9.17, 15) is 4.79 Å². The summed E-state index contributed by atoms with van der Waals surface area (Å²) in [6, 6.07) is 8.44. The van der Waals surface area contributed by atoms with Crippen LogP contribution in [0.25, 0.3) is 0 Å². The zero-order valence-electron chi connectivity index (χ0n) is 22.5. The number of hydrogen-bond donors (Lipinski definition) is 0. The Morgan fingerprint density at radius 3 is 1.36 bits per heavy atom. The summed E-state index contributed by atoms with van der Waals surface area (Å²) in [5.74, 6) is 0.239. The number of unbranched alkanes of at least 4 members (excludes halogenated alkanes) is 15. The first-order chi connectivity index (χ1) is 16.2. The van der Waals surface area contributed by atoms with Crippen LogP contribution in [0, 0.1) is 0 Å². The van der Waals surface area contributed by atoms with Gasteiger partial charge in [-0.3, -0.25) is 4.79 Å². The molecule has 0 saturated heterocycles. The number of amides is 1. The fourth-order valence-electron chi connectivity index (χ4n) is 4.57. The summed E-state index contributed by atoms with van der Waals surface area (Å²) in [6.45, 7) is 8.61. The van der Waals surface area contributed by atoms with Gasteiger partial charge in [0.05, 0.1) is 0 Å². The highest BCUT2D eigenvalue weighted by Crippen LogP contribution is 2.15. The van der Waals surface area contributed by atoms with E-state index in [4.69, 9.17) is 0 Å². The lowest BCUT2D eigenvalue weighted by molar-refractivity contribution is 0.0749. The lowest BCUT2D eigenvalue weighted by Crippen LogP contribution is -2.33. The largest absolute Gasteiger partial charge is 0.339 e. The van der Waals surface area contributed by atoms with E-state index in [1.165, 1.54) is 108 Å². The second-order valence-electron chi connectivity index (χ2n) is 10.0. The van der Waals surface area contributed by atoms with Crippen molar-refractivity contribution in [2.45, 2.75) is 143 Å². The number of nitrogens with zero attached hydrogens (tertiary/aromatic N) is 1. The van der Waals surface area contributed by atoms with Crippen molar-refractivity contribution in [2.24, 2.45) is 0 Å². The van der Waals surface area contributed by atoms with Gasteiger partial charge in [0.25, 0.3) is 5.91 Å². The van der Waals surface area contributed by atoms with Gasteiger partial charge in [0, 0.05) is 18.7 Å². The maximum Gasteiger partial charge on any atom is 0.253 e. The molecule has 0 unspecified atom stereocenters. The van der Waals surface area contributed by atoms with Crippen molar-refractivity contribution in [3.63, 3.8) is 0 Å². The van der Waals surface area contributed by atoms with Crippen molar-refractivity contribution in [3.05, 3.63) is 35.4 Å². The Morgan fingerprint density at radius 1 is 0.545 bits per heavy atom. The van der Waals surface area contributed by atoms with Gasteiger partial charge in [0.1, 0.15) is 0 Å². The van der Waals surface area contributed by atoms with Crippen LogP contribution in [0.3, 0.4) is 0 Å². The van der Waals surface area contributed by atoms with Crippen molar-refractivity contribution < 1.29 is 4.79 Å². The Morgan fingerprint density at radius 2 is 0.939 bits per heavy atom. The molecule has 1 amide bonds. The van der Waals surface area contributed by atoms with E-state index in [1.807, 2.05) is 0 Å². The van der Waals surface area contributed by atoms with Gasteiger partial charge in [-0.2, -0.15) is 0 Å². The van der Waals surface area contributed by atoms with Crippen LogP contribution in [0.2, 0.25) is 0 Å². The summed E-state index contributed by atoms with van der Waals surface area (Å²) in [6.07, 6.45) is 24.6. The van der Waals surface area contributed by atoms with Gasteiger partial charge in [0.15, 0.2) is 0 Å². The van der Waals surface area contributed by atoms with E-state index in [0.29, 0.717) is 0 Å². The smallest absolute Gasteiger partial charge is 0.253 e. The molecule has 1 aromatic carbocycles. The van der Waals surface area contributed by atoms with Crippen LogP contribution in [-0.2, 0) is 6.42 Å². The second-order valence-corrected chi connectivity index (χ2v) is 10.0. The van der Waals surface area contributed by atoms with Gasteiger partial charge in [-0.25, -0.2) is 0 Å². The topological polar surface area (TPSA) is 20.3 Å². The highest BCUT2D eigenvalue weighted by Gasteiger charge is 2.15. The molecular weight excluding hydrogens is 402 g/mol. The van der Waals surface area contributed by atoms with Crippen molar-refractivity contribution >= 4 is 5.91 Å². The third kappa shape index (κ3) is 15.3. The highest BCUT2D eigenvalue weighted by molar-refractivity contribution is 5.94. The van der Waals surface area contributed by atoms with Crippen LogP contribution in [0.4, 0.5) is 0 Å². The molecule has 0 fully saturated rings. The number of hydrogen-bond acceptors (Lipinski definition) is 1. The molecule has 0 saturated carbocycles. The van der Waals surface area contributed by atoms with E-state index in [0.717, 1.165) is 37.9 Å². The normalized spacial score (nSPS) is 11.1. The predicted octanol–water partition coefficient (Wildman–Crippen LogP) is 9.75. The Labute approximate surface area is 206 Å². The number of rotatable bonds is 22. The number of aryl methyl sites for hydroxylation is 1. The van der Waals surface area contributed by atoms with Crippen molar-refractivity contribution in [3.8, 4) is 0 Å². The van der Waals surface area contributed by atoms with Crippen LogP contribution in [-0.4, -0.2) is 23.9 Å². The molecule has 2 heteroatoms. The van der Waals surface area contributed by atoms with Crippen LogP contribution >= 0.6 is 0 Å². The first kappa shape index (κ1) is 29.7. The molecule has 0 heterocycles. The summed E-state index contributed by atoms with van der Waals surface area (Å²) in [5.41, 5.74) is 2.22. The van der Waals surface area contributed by atoms with Crippen LogP contribution in [0.5, 0.6) is 0 Å². The zero-order chi connectivity index (χ0) is 24.0. The van der Waals surface area contributed by atoms with Crippen molar-refractivity contribution in [2.75, 3.05) is 13.1 Å². The lowest BCUT2D eigenvalue weighted by atomic mass is 10.0. The molecule has 33 heavy (non-hydrogen) atoms. The Bertz CT molecular complexity index is 545. The average Bonchev–Trinajstić information content (AvgIpc) is 2.84. The molecular formula is C31H55NO. The van der Waals surface area contributed by atoms with E-state index < -0.39 is 0 Å². The molecule has 1 rings (SSSR count). The van der Waals surface area contributed by atoms with E-state index in [2.05, 4.69) is 49.9 Å². The van der Waals surface area contributed by atoms with E-state index in [-0.39, 0.29) is 5.91 Å². The van der Waals surface area contributed by atoms with Crippen LogP contribution in [0.15, 0.2) is 24.3 Å². The Hall–Kier alpha value is -1.31. The van der Waals surface area contributed by atoms with Gasteiger partial charge >= 0.3 is 0 Å². The molecule has 0 aliphatic carbocycles. The Balaban J connectivity index is 2.45. The standard InChI is InChI=1S/C31H55NO/c1-4-7-10-12-14-16-18-20-27-32(28-21-19-17-15-13-11-8-5-2)31(33)30-25-23-29(24-26-30)22-9-6-3/h23-26H,4-22,27-28H2,1-3H3. The summed E-state index contributed by atoms with van der Waals surface area (Å²) < 4.78 is 0. The molecule has 0 bridgehead atoms. The van der Waals surface area contributed by atoms with Gasteiger partial charge in [-0.15, -0.1) is 0 Å². The molecule has 1 aromatic rings. The molecule has 0 radical (unpaired) electrons. The Kier molecular flexibility index (Phi) is 19.1. The van der Waals surface area contributed by atoms with Gasteiger partial charge in [0.2, 0.25) is 0 Å². The molecule has 0 N–H and O–H groups in total. The first-order valence-electron chi connectivity index (χ1n) is 14.6. The number of carbonyl (C=O) groups excluding carboxylic acids is 1. The minimum absolute atomic E-state index is 0.239. The monoisotopic (exact) mass is 457 g/mol. The quantitative estimate of drug-likeness (QED) is 0.159. The first-order valence-corrected chi connectivity index (χ1v) is 14.6. The van der Waals surface area contributed by atoms with Crippen molar-refractivity contribution in [1.82, 2.24) is 4.90 Å². The molecule has 0 aromatic heterocycles. The third-order valence-electron chi connectivity index (χ3n) is 6.87. The van der Waals surface area contributed by atoms with E-state index >= 15 is 0 Å². The van der Waals surface area contributed by atoms with Gasteiger partial charge in [-0.05, 0) is 43.4 Å². The minimum atomic E-state index is 0.239. The average molecular weight is 458 g/mol. The summed E-state index contributed by atoms with van der Waals surface area (Å²) >= 11 is 0. The molecule has 0 aliphatic rings. The molecule has 2 nitrogen and oxygen atoms in total. The molecule has 0 aliphatic heterocycles. The van der Waals surface area contributed by atoms with Gasteiger partial charge in [-0.1, -0.05) is 129 Å². The fraction of sp³-hybridized carbons (Fsp3) is 0.774. The lowest BCUT2D eigenvalue weighted by Gasteiger charge is -2.23. The third-order valence-corrected chi connectivity index (χ3v) is 6.87. The molecule has 0 atom stereocenters. The number of benzene rings is 1. The number of carbonyl (C=O) groups is 1. The van der Waals surface area contributed by atoms with Crippen LogP contribution < -0.4 is 0 Å². The van der Waals surface area contributed by atoms with E-state index in [1.54, 1.807) is 0 Å². The summed E-state index contributed by atoms with van der Waals surface area (Å²) in [5, 5.41) is 0. The minimum Gasteiger partial charge on any atom is -0.339 e. The van der Waals surface area contributed by atoms with Gasteiger partial charge < -0.3 is 4.90 Å². The maximum absolute atomic E-state index is 13.3. The predicted molar refractivity (Wildman–Crippen MR) is 146 cm³/mol. The maximum atomic E-state index is 13.3. The fourth-order valence-corrected chi connectivity index (χ4v) is 4.57. The summed E-state index contributed by atoms with van der Waals surface area (Å²) in [4.78, 5) is 15.4. The highest BCUT2D eigenvalue weighted by atomic mass is 16.2. The zero-order valence-corrected chi connectivity index (χ0v) is 22.5. The molecule has 0 spiro atoms. The molecule has 190 valence electrons.